The summed E-state index contributed by atoms with van der Waals surface area (Å²) in [4.78, 5) is 24.0. The largest absolute Gasteiger partial charge is 0.479 e. The van der Waals surface area contributed by atoms with Crippen molar-refractivity contribution < 1.29 is 22.7 Å². The first-order valence-corrected chi connectivity index (χ1v) is 10.5. The average molecular weight is 417 g/mol. The molecule has 8 nitrogen and oxygen atoms in total. The third-order valence-corrected chi connectivity index (χ3v) is 6.54. The highest BCUT2D eigenvalue weighted by atomic mass is 32.2. The Bertz CT molecular complexity index is 1040. The fourth-order valence-electron chi connectivity index (χ4n) is 2.93. The van der Waals surface area contributed by atoms with E-state index in [0.717, 1.165) is 9.87 Å². The van der Waals surface area contributed by atoms with Gasteiger partial charge < -0.3 is 15.4 Å². The molecule has 1 unspecified atom stereocenters. The standard InChI is InChI=1S/C20H23N3O5S/c1-13-9-16-17(28-14(2)20(25)22-16)10-18(13)29(26,27)23(3)12-19(24)21-11-15-7-5-4-6-8-15/h4-10,14H,11-12H2,1-3H3,(H,21,24)(H,22,25). The lowest BCUT2D eigenvalue weighted by molar-refractivity contribution is -0.123. The van der Waals surface area contributed by atoms with Gasteiger partial charge in [-0.3, -0.25) is 9.59 Å². The van der Waals surface area contributed by atoms with Crippen molar-refractivity contribution in [2.45, 2.75) is 31.4 Å². The van der Waals surface area contributed by atoms with Gasteiger partial charge in [0.2, 0.25) is 15.9 Å². The minimum absolute atomic E-state index is 0.0259. The number of amides is 2. The van der Waals surface area contributed by atoms with E-state index in [-0.39, 0.29) is 23.1 Å². The van der Waals surface area contributed by atoms with E-state index in [2.05, 4.69) is 10.6 Å². The SMILES string of the molecule is Cc1cc2c(cc1S(=O)(=O)N(C)CC(=O)NCc1ccccc1)OC(C)C(=O)N2. The maximum Gasteiger partial charge on any atom is 0.265 e. The summed E-state index contributed by atoms with van der Waals surface area (Å²) in [7, 11) is -2.58. The summed E-state index contributed by atoms with van der Waals surface area (Å²) >= 11 is 0. The van der Waals surface area contributed by atoms with Gasteiger partial charge in [0.05, 0.1) is 17.1 Å². The van der Waals surface area contributed by atoms with Gasteiger partial charge in [-0.2, -0.15) is 4.31 Å². The number of sulfonamides is 1. The number of hydrogen-bond acceptors (Lipinski definition) is 5. The number of fused-ring (bicyclic) bond motifs is 1. The Morgan fingerprint density at radius 2 is 1.93 bits per heavy atom. The number of aryl methyl sites for hydroxylation is 1. The van der Waals surface area contributed by atoms with Crippen LogP contribution in [0.25, 0.3) is 0 Å². The summed E-state index contributed by atoms with van der Waals surface area (Å²) in [6.45, 7) is 3.20. The molecule has 0 saturated heterocycles. The molecule has 0 aromatic heterocycles. The summed E-state index contributed by atoms with van der Waals surface area (Å²) in [6, 6.07) is 12.3. The predicted molar refractivity (Wildman–Crippen MR) is 108 cm³/mol. The van der Waals surface area contributed by atoms with Crippen LogP contribution in [0.1, 0.15) is 18.1 Å². The van der Waals surface area contributed by atoms with E-state index in [1.807, 2.05) is 30.3 Å². The zero-order chi connectivity index (χ0) is 21.2. The maximum atomic E-state index is 13.0. The van der Waals surface area contributed by atoms with E-state index in [9.17, 15) is 18.0 Å². The van der Waals surface area contributed by atoms with Crippen molar-refractivity contribution in [1.29, 1.82) is 0 Å². The van der Waals surface area contributed by atoms with Crippen molar-refractivity contribution in [3.63, 3.8) is 0 Å². The lowest BCUT2D eigenvalue weighted by atomic mass is 10.1. The topological polar surface area (TPSA) is 105 Å². The molecule has 0 bridgehead atoms. The minimum Gasteiger partial charge on any atom is -0.479 e. The van der Waals surface area contributed by atoms with Crippen LogP contribution in [0.2, 0.25) is 0 Å². The van der Waals surface area contributed by atoms with Gasteiger partial charge in [0.25, 0.3) is 5.91 Å². The molecule has 29 heavy (non-hydrogen) atoms. The van der Waals surface area contributed by atoms with E-state index in [4.69, 9.17) is 4.74 Å². The third-order valence-electron chi connectivity index (χ3n) is 4.59. The van der Waals surface area contributed by atoms with Crippen LogP contribution in [0.4, 0.5) is 5.69 Å². The molecular weight excluding hydrogens is 394 g/mol. The van der Waals surface area contributed by atoms with Gasteiger partial charge in [0.15, 0.2) is 6.10 Å². The Morgan fingerprint density at radius 1 is 1.24 bits per heavy atom. The first-order chi connectivity index (χ1) is 13.7. The monoisotopic (exact) mass is 417 g/mol. The molecule has 1 aliphatic rings. The summed E-state index contributed by atoms with van der Waals surface area (Å²) < 4.78 is 32.5. The lowest BCUT2D eigenvalue weighted by Crippen LogP contribution is -2.38. The molecule has 1 atom stereocenters. The third kappa shape index (κ3) is 4.57. The van der Waals surface area contributed by atoms with Gasteiger partial charge in [-0.15, -0.1) is 0 Å². The van der Waals surface area contributed by atoms with E-state index >= 15 is 0 Å². The second-order valence-corrected chi connectivity index (χ2v) is 8.90. The highest BCUT2D eigenvalue weighted by Gasteiger charge is 2.30. The number of hydrogen-bond donors (Lipinski definition) is 2. The number of benzene rings is 2. The van der Waals surface area contributed by atoms with Crippen LogP contribution in [0.15, 0.2) is 47.4 Å². The van der Waals surface area contributed by atoms with E-state index in [0.29, 0.717) is 17.8 Å². The smallest absolute Gasteiger partial charge is 0.265 e. The van der Waals surface area contributed by atoms with Crippen LogP contribution in [0.5, 0.6) is 5.75 Å². The molecule has 2 amide bonds. The van der Waals surface area contributed by atoms with Gasteiger partial charge in [-0.05, 0) is 31.0 Å². The van der Waals surface area contributed by atoms with Crippen molar-refractivity contribution in [3.05, 3.63) is 53.6 Å². The van der Waals surface area contributed by atoms with Gasteiger partial charge >= 0.3 is 0 Å². The Balaban J connectivity index is 1.73. The molecule has 2 N–H and O–H groups in total. The maximum absolute atomic E-state index is 13.0. The number of likely N-dealkylation sites (N-methyl/N-ethyl adjacent to an activating group) is 1. The zero-order valence-electron chi connectivity index (χ0n) is 16.4. The van der Waals surface area contributed by atoms with Crippen molar-refractivity contribution in [3.8, 4) is 5.75 Å². The van der Waals surface area contributed by atoms with Crippen LogP contribution < -0.4 is 15.4 Å². The number of nitrogens with one attached hydrogen (secondary N) is 2. The highest BCUT2D eigenvalue weighted by Crippen LogP contribution is 2.35. The fourth-order valence-corrected chi connectivity index (χ4v) is 4.27. The van der Waals surface area contributed by atoms with Crippen LogP contribution in [-0.2, 0) is 26.2 Å². The van der Waals surface area contributed by atoms with Crippen molar-refractivity contribution in [2.24, 2.45) is 0 Å². The Morgan fingerprint density at radius 3 is 2.62 bits per heavy atom. The Labute approximate surface area is 169 Å². The van der Waals surface area contributed by atoms with Gasteiger partial charge in [-0.1, -0.05) is 30.3 Å². The molecule has 0 fully saturated rings. The van der Waals surface area contributed by atoms with Crippen molar-refractivity contribution in [1.82, 2.24) is 9.62 Å². The average Bonchev–Trinajstić information content (AvgIpc) is 2.68. The van der Waals surface area contributed by atoms with Gasteiger partial charge in [-0.25, -0.2) is 8.42 Å². The number of anilines is 1. The first kappa shape index (κ1) is 20.8. The fraction of sp³-hybridized carbons (Fsp3) is 0.300. The molecule has 1 heterocycles. The number of ether oxygens (including phenoxy) is 1. The van der Waals surface area contributed by atoms with Gasteiger partial charge in [0.1, 0.15) is 5.75 Å². The van der Waals surface area contributed by atoms with Crippen LogP contribution in [-0.4, -0.2) is 44.2 Å². The summed E-state index contributed by atoms with van der Waals surface area (Å²) in [6.07, 6.45) is -0.720. The normalized spacial score (nSPS) is 16.0. The molecule has 0 radical (unpaired) electrons. The van der Waals surface area contributed by atoms with Crippen LogP contribution in [0, 0.1) is 6.92 Å². The van der Waals surface area contributed by atoms with E-state index < -0.39 is 22.0 Å². The molecule has 2 aromatic carbocycles. The number of carbonyl (C=O) groups is 2. The summed E-state index contributed by atoms with van der Waals surface area (Å²) in [5.74, 6) is -0.421. The van der Waals surface area contributed by atoms with Crippen LogP contribution in [0.3, 0.4) is 0 Å². The van der Waals surface area contributed by atoms with Crippen LogP contribution >= 0.6 is 0 Å². The lowest BCUT2D eigenvalue weighted by Gasteiger charge is -2.25. The summed E-state index contributed by atoms with van der Waals surface area (Å²) in [5, 5.41) is 5.40. The number of carbonyl (C=O) groups excluding carboxylic acids is 2. The number of rotatable bonds is 6. The zero-order valence-corrected chi connectivity index (χ0v) is 17.2. The quantitative estimate of drug-likeness (QED) is 0.744. The molecule has 0 spiro atoms. The van der Waals surface area contributed by atoms with E-state index in [1.165, 1.54) is 13.1 Å². The Hall–Kier alpha value is -2.91. The molecular formula is C20H23N3O5S. The minimum atomic E-state index is -3.93. The highest BCUT2D eigenvalue weighted by molar-refractivity contribution is 7.89. The first-order valence-electron chi connectivity index (χ1n) is 9.07. The molecule has 3 rings (SSSR count). The molecule has 9 heteroatoms. The second kappa shape index (κ2) is 8.22. The Kier molecular flexibility index (Phi) is 5.90. The molecule has 0 saturated carbocycles. The van der Waals surface area contributed by atoms with Gasteiger partial charge in [0, 0.05) is 19.7 Å². The van der Waals surface area contributed by atoms with E-state index in [1.54, 1.807) is 19.9 Å². The second-order valence-electron chi connectivity index (χ2n) is 6.89. The molecule has 0 aliphatic carbocycles. The molecule has 154 valence electrons. The molecule has 2 aromatic rings. The molecule has 1 aliphatic heterocycles. The van der Waals surface area contributed by atoms with Crippen molar-refractivity contribution >= 4 is 27.5 Å². The van der Waals surface area contributed by atoms with Crippen molar-refractivity contribution in [2.75, 3.05) is 18.9 Å². The predicted octanol–water partition coefficient (Wildman–Crippen LogP) is 1.65. The summed E-state index contributed by atoms with van der Waals surface area (Å²) in [5.41, 5.74) is 1.79. The number of nitrogens with zero attached hydrogens (tertiary/aromatic N) is 1.